The van der Waals surface area contributed by atoms with E-state index in [-0.39, 0.29) is 25.8 Å². The summed E-state index contributed by atoms with van der Waals surface area (Å²) in [5, 5.41) is 3.99. The van der Waals surface area contributed by atoms with E-state index in [0.717, 1.165) is 6.42 Å². The highest BCUT2D eigenvalue weighted by molar-refractivity contribution is 6.01. The Kier molecular flexibility index (Phi) is 7.98. The van der Waals surface area contributed by atoms with E-state index in [1.807, 2.05) is 6.92 Å². The summed E-state index contributed by atoms with van der Waals surface area (Å²) in [4.78, 5) is 25.6. The molecule has 0 saturated heterocycles. The average molecular weight is 470 g/mol. The zero-order chi connectivity index (χ0) is 24.4. The third kappa shape index (κ3) is 5.42. The van der Waals surface area contributed by atoms with Gasteiger partial charge in [0.1, 0.15) is 0 Å². The summed E-state index contributed by atoms with van der Waals surface area (Å²) in [6, 6.07) is 0. The number of hydrogen-bond acceptors (Lipinski definition) is 3. The lowest BCUT2D eigenvalue weighted by atomic mass is 9.69. The Morgan fingerprint density at radius 3 is 2.06 bits per heavy atom. The summed E-state index contributed by atoms with van der Waals surface area (Å²) in [6.45, 7) is 5.19. The summed E-state index contributed by atoms with van der Waals surface area (Å²) in [5.74, 6) is -3.50. The Morgan fingerprint density at radius 2 is 1.56 bits per heavy atom. The quantitative estimate of drug-likeness (QED) is 0.377. The van der Waals surface area contributed by atoms with E-state index in [0.29, 0.717) is 25.7 Å². The fourth-order valence-electron chi connectivity index (χ4n) is 4.62. The summed E-state index contributed by atoms with van der Waals surface area (Å²) in [6.07, 6.45) is -9.05. The number of rotatable bonds is 7. The number of alkyl halides is 6. The summed E-state index contributed by atoms with van der Waals surface area (Å²) in [7, 11) is 0. The number of Topliss-reactive ketones (excluding diaryl/α,β-unsaturated/α-hetero) is 1. The number of allylic oxidation sites excluding steroid dienone is 1. The minimum atomic E-state index is -5.96. The van der Waals surface area contributed by atoms with Gasteiger partial charge in [-0.2, -0.15) is 26.3 Å². The van der Waals surface area contributed by atoms with Gasteiger partial charge in [-0.3, -0.25) is 9.59 Å². The maximum atomic E-state index is 14.4. The number of amides is 1. The largest absolute Gasteiger partial charge is 0.425 e. The molecule has 184 valence electrons. The van der Waals surface area contributed by atoms with Crippen LogP contribution in [0.5, 0.6) is 0 Å². The van der Waals surface area contributed by atoms with Crippen molar-refractivity contribution in [1.29, 1.82) is 0 Å². The molecule has 2 rings (SSSR count). The Morgan fingerprint density at radius 1 is 1.00 bits per heavy atom. The third-order valence-electron chi connectivity index (χ3n) is 6.26. The van der Waals surface area contributed by atoms with Crippen LogP contribution < -0.4 is 10.6 Å². The molecule has 0 bridgehead atoms. The van der Waals surface area contributed by atoms with Crippen LogP contribution in [0, 0.1) is 11.3 Å². The molecule has 0 aromatic rings. The zero-order valence-electron chi connectivity index (χ0n) is 18.7. The van der Waals surface area contributed by atoms with Crippen LogP contribution in [0.15, 0.2) is 11.3 Å². The molecule has 2 aliphatic rings. The van der Waals surface area contributed by atoms with Crippen LogP contribution in [-0.4, -0.2) is 36.1 Å². The van der Waals surface area contributed by atoms with Gasteiger partial charge in [0.25, 0.3) is 5.54 Å². The molecule has 0 radical (unpaired) electrons. The summed E-state index contributed by atoms with van der Waals surface area (Å²) >= 11 is 0. The molecule has 0 atom stereocenters. The molecule has 0 aliphatic heterocycles. The Bertz CT molecular complexity index is 720. The molecule has 1 saturated carbocycles. The molecule has 10 heteroatoms. The van der Waals surface area contributed by atoms with Crippen molar-refractivity contribution in [3.63, 3.8) is 0 Å². The Balaban J connectivity index is 2.68. The Labute approximate surface area is 184 Å². The Hall–Kier alpha value is -1.74. The van der Waals surface area contributed by atoms with Crippen LogP contribution >= 0.6 is 0 Å². The molecule has 2 N–H and O–H groups in total. The predicted molar refractivity (Wildman–Crippen MR) is 108 cm³/mol. The molecular weight excluding hydrogens is 438 g/mol. The van der Waals surface area contributed by atoms with Gasteiger partial charge in [-0.05, 0) is 31.1 Å². The number of nitrogens with one attached hydrogen (secondary N) is 2. The highest BCUT2D eigenvalue weighted by atomic mass is 19.4. The van der Waals surface area contributed by atoms with E-state index in [1.54, 1.807) is 13.8 Å². The molecule has 4 nitrogen and oxygen atoms in total. The van der Waals surface area contributed by atoms with E-state index in [1.165, 1.54) is 5.32 Å². The number of carbonyl (C=O) groups excluding carboxylic acids is 2. The molecule has 32 heavy (non-hydrogen) atoms. The molecule has 2 aliphatic carbocycles. The molecular formula is C22H32F6N2O2. The van der Waals surface area contributed by atoms with E-state index < -0.39 is 58.6 Å². The highest BCUT2D eigenvalue weighted by Gasteiger charge is 2.76. The molecule has 0 unspecified atom stereocenters. The zero-order valence-corrected chi connectivity index (χ0v) is 18.7. The number of halogens is 6. The highest BCUT2D eigenvalue weighted by Crippen LogP contribution is 2.52. The maximum Gasteiger partial charge on any atom is 0.425 e. The normalized spacial score (nSPS) is 21.0. The monoisotopic (exact) mass is 470 g/mol. The van der Waals surface area contributed by atoms with Crippen molar-refractivity contribution in [3.05, 3.63) is 11.3 Å². The van der Waals surface area contributed by atoms with Crippen molar-refractivity contribution in [1.82, 2.24) is 10.6 Å². The number of unbranched alkanes of at least 4 members (excludes halogenated alkanes) is 1. The first-order valence-electron chi connectivity index (χ1n) is 11.1. The van der Waals surface area contributed by atoms with Crippen LogP contribution in [0.1, 0.15) is 78.6 Å². The fourth-order valence-corrected chi connectivity index (χ4v) is 4.62. The second kappa shape index (κ2) is 9.63. The van der Waals surface area contributed by atoms with E-state index >= 15 is 0 Å². The van der Waals surface area contributed by atoms with Crippen LogP contribution in [0.3, 0.4) is 0 Å². The minimum Gasteiger partial charge on any atom is -0.388 e. The number of carbonyl (C=O) groups is 2. The first kappa shape index (κ1) is 26.5. The van der Waals surface area contributed by atoms with Crippen molar-refractivity contribution >= 4 is 11.7 Å². The number of ketones is 1. The maximum absolute atomic E-state index is 14.4. The predicted octanol–water partition coefficient (Wildman–Crippen LogP) is 5.58. The second-order valence-electron chi connectivity index (χ2n) is 9.64. The standard InChI is InChI=1S/C22H32F6N2O2/c1-4-5-11-29-15-12-19(2,3)13-16(31)17(15)20(21(23,24)25,22(26,27)28)30-18(32)14-9-7-6-8-10-14/h14,29H,4-13H2,1-3H3,(H,30,32). The smallest absolute Gasteiger partial charge is 0.388 e. The van der Waals surface area contributed by atoms with Gasteiger partial charge in [0.05, 0.1) is 5.57 Å². The van der Waals surface area contributed by atoms with Gasteiger partial charge >= 0.3 is 12.4 Å². The second-order valence-corrected chi connectivity index (χ2v) is 9.64. The van der Waals surface area contributed by atoms with E-state index in [4.69, 9.17) is 0 Å². The molecule has 0 heterocycles. The van der Waals surface area contributed by atoms with Crippen molar-refractivity contribution in [2.45, 2.75) is 96.5 Å². The fraction of sp³-hybridized carbons (Fsp3) is 0.818. The van der Waals surface area contributed by atoms with Gasteiger partial charge < -0.3 is 10.6 Å². The molecule has 0 aromatic carbocycles. The topological polar surface area (TPSA) is 58.2 Å². The SMILES string of the molecule is CCCCNC1=C(C(NC(=O)C2CCCCC2)(C(F)(F)F)C(F)(F)F)C(=O)CC(C)(C)C1. The van der Waals surface area contributed by atoms with Gasteiger partial charge in [0.2, 0.25) is 5.91 Å². The average Bonchev–Trinajstić information content (AvgIpc) is 2.64. The number of hydrogen-bond donors (Lipinski definition) is 2. The van der Waals surface area contributed by atoms with Crippen molar-refractivity contribution in [3.8, 4) is 0 Å². The molecule has 0 spiro atoms. The van der Waals surface area contributed by atoms with Crippen molar-refractivity contribution < 1.29 is 35.9 Å². The van der Waals surface area contributed by atoms with E-state index in [2.05, 4.69) is 5.32 Å². The lowest BCUT2D eigenvalue weighted by Crippen LogP contribution is -2.71. The first-order chi connectivity index (χ1) is 14.7. The van der Waals surface area contributed by atoms with E-state index in [9.17, 15) is 35.9 Å². The molecule has 1 amide bonds. The minimum absolute atomic E-state index is 0.126. The summed E-state index contributed by atoms with van der Waals surface area (Å²) in [5.41, 5.74) is -7.38. The molecule has 0 aromatic heterocycles. The third-order valence-corrected chi connectivity index (χ3v) is 6.26. The van der Waals surface area contributed by atoms with Gasteiger partial charge in [-0.25, -0.2) is 0 Å². The first-order valence-corrected chi connectivity index (χ1v) is 11.1. The summed E-state index contributed by atoms with van der Waals surface area (Å²) < 4.78 is 86.2. The van der Waals surface area contributed by atoms with Gasteiger partial charge in [0.15, 0.2) is 5.78 Å². The van der Waals surface area contributed by atoms with Gasteiger partial charge in [0, 0.05) is 24.6 Å². The van der Waals surface area contributed by atoms with Crippen LogP contribution in [0.2, 0.25) is 0 Å². The lowest BCUT2D eigenvalue weighted by molar-refractivity contribution is -0.293. The molecule has 1 fully saturated rings. The van der Waals surface area contributed by atoms with Crippen LogP contribution in [0.25, 0.3) is 0 Å². The van der Waals surface area contributed by atoms with Crippen LogP contribution in [0.4, 0.5) is 26.3 Å². The lowest BCUT2D eigenvalue weighted by Gasteiger charge is -2.44. The van der Waals surface area contributed by atoms with Crippen molar-refractivity contribution in [2.75, 3.05) is 6.54 Å². The van der Waals surface area contributed by atoms with Crippen LogP contribution in [-0.2, 0) is 9.59 Å². The van der Waals surface area contributed by atoms with Crippen molar-refractivity contribution in [2.24, 2.45) is 11.3 Å². The van der Waals surface area contributed by atoms with Gasteiger partial charge in [-0.1, -0.05) is 46.5 Å². The van der Waals surface area contributed by atoms with Gasteiger partial charge in [-0.15, -0.1) is 0 Å².